The van der Waals surface area contributed by atoms with E-state index in [0.29, 0.717) is 11.3 Å². The van der Waals surface area contributed by atoms with E-state index >= 15 is 0 Å². The molecule has 0 N–H and O–H groups in total. The van der Waals surface area contributed by atoms with Crippen LogP contribution < -0.4 is 4.74 Å². The average Bonchev–Trinajstić information content (AvgIpc) is 2.78. The molecule has 4 heteroatoms. The highest BCUT2D eigenvalue weighted by Gasteiger charge is 2.43. The van der Waals surface area contributed by atoms with Crippen molar-refractivity contribution in [2.45, 2.75) is 0 Å². The van der Waals surface area contributed by atoms with Crippen LogP contribution in [0, 0.1) is 5.92 Å². The molecule has 0 saturated carbocycles. The molecule has 0 aliphatic heterocycles. The van der Waals surface area contributed by atoms with Crippen molar-refractivity contribution < 1.29 is 19.1 Å². The lowest BCUT2D eigenvalue weighted by Gasteiger charge is -2.05. The Kier molecular flexibility index (Phi) is 3.14. The zero-order valence-electron chi connectivity index (χ0n) is 11.3. The summed E-state index contributed by atoms with van der Waals surface area (Å²) in [6.45, 7) is 0. The fraction of sp³-hybridized carbons (Fsp3) is 0.118. The third-order valence-electron chi connectivity index (χ3n) is 3.60. The first-order chi connectivity index (χ1) is 10.1. The number of hydrogen-bond donors (Lipinski definition) is 0. The standard InChI is InChI=1S/C17H12O4/c1-21-11-7-8-12-13(9-11)17(20)14(16(12)19)15(18)10-5-3-2-4-6-10/h2-9,14H,1H3. The molecule has 0 heterocycles. The van der Waals surface area contributed by atoms with E-state index in [1.54, 1.807) is 36.4 Å². The van der Waals surface area contributed by atoms with Crippen LogP contribution in [0.25, 0.3) is 0 Å². The van der Waals surface area contributed by atoms with Gasteiger partial charge in [0.15, 0.2) is 17.3 Å². The maximum absolute atomic E-state index is 12.4. The van der Waals surface area contributed by atoms with Gasteiger partial charge in [-0.15, -0.1) is 0 Å². The third kappa shape index (κ3) is 2.05. The first-order valence-electron chi connectivity index (χ1n) is 6.49. The van der Waals surface area contributed by atoms with Gasteiger partial charge in [-0.05, 0) is 18.2 Å². The van der Waals surface area contributed by atoms with Crippen molar-refractivity contribution in [1.82, 2.24) is 0 Å². The molecule has 0 spiro atoms. The van der Waals surface area contributed by atoms with Crippen LogP contribution in [0.2, 0.25) is 0 Å². The minimum Gasteiger partial charge on any atom is -0.497 e. The van der Waals surface area contributed by atoms with Gasteiger partial charge in [0.1, 0.15) is 11.7 Å². The summed E-state index contributed by atoms with van der Waals surface area (Å²) in [7, 11) is 1.48. The van der Waals surface area contributed by atoms with E-state index in [1.807, 2.05) is 0 Å². The molecule has 3 rings (SSSR count). The Labute approximate surface area is 121 Å². The van der Waals surface area contributed by atoms with Crippen molar-refractivity contribution in [1.29, 1.82) is 0 Å². The van der Waals surface area contributed by atoms with Gasteiger partial charge >= 0.3 is 0 Å². The maximum atomic E-state index is 12.4. The molecular formula is C17H12O4. The molecule has 1 aliphatic carbocycles. The van der Waals surface area contributed by atoms with Crippen molar-refractivity contribution in [3.63, 3.8) is 0 Å². The Balaban J connectivity index is 2.02. The van der Waals surface area contributed by atoms with E-state index in [-0.39, 0.29) is 11.1 Å². The first kappa shape index (κ1) is 13.2. The summed E-state index contributed by atoms with van der Waals surface area (Å²) in [5.74, 6) is -2.13. The Bertz CT molecular complexity index is 747. The summed E-state index contributed by atoms with van der Waals surface area (Å²) in [6, 6.07) is 13.0. The highest BCUT2D eigenvalue weighted by atomic mass is 16.5. The summed E-state index contributed by atoms with van der Waals surface area (Å²) in [4.78, 5) is 37.1. The first-order valence-corrected chi connectivity index (χ1v) is 6.49. The molecule has 0 saturated heterocycles. The van der Waals surface area contributed by atoms with Gasteiger partial charge in [-0.25, -0.2) is 0 Å². The van der Waals surface area contributed by atoms with Crippen LogP contribution in [0.5, 0.6) is 5.75 Å². The molecular weight excluding hydrogens is 268 g/mol. The van der Waals surface area contributed by atoms with E-state index in [0.717, 1.165) is 0 Å². The number of rotatable bonds is 3. The van der Waals surface area contributed by atoms with Gasteiger partial charge in [0.25, 0.3) is 0 Å². The zero-order valence-corrected chi connectivity index (χ0v) is 11.3. The van der Waals surface area contributed by atoms with Gasteiger partial charge in [0, 0.05) is 16.7 Å². The molecule has 0 bridgehead atoms. The van der Waals surface area contributed by atoms with Gasteiger partial charge in [-0.3, -0.25) is 14.4 Å². The number of carbonyl (C=O) groups is 3. The van der Waals surface area contributed by atoms with Crippen molar-refractivity contribution in [3.05, 3.63) is 65.2 Å². The molecule has 1 unspecified atom stereocenters. The SMILES string of the molecule is COc1ccc2c(c1)C(=O)C(C(=O)c1ccccc1)C2=O. The molecule has 104 valence electrons. The van der Waals surface area contributed by atoms with Crippen LogP contribution in [0.3, 0.4) is 0 Å². The highest BCUT2D eigenvalue weighted by molar-refractivity contribution is 6.37. The summed E-state index contributed by atoms with van der Waals surface area (Å²) in [5.41, 5.74) is 0.910. The predicted octanol–water partition coefficient (Wildman–Crippen LogP) is 2.57. The zero-order chi connectivity index (χ0) is 15.0. The van der Waals surface area contributed by atoms with Crippen LogP contribution in [-0.4, -0.2) is 24.5 Å². The fourth-order valence-corrected chi connectivity index (χ4v) is 2.51. The van der Waals surface area contributed by atoms with Gasteiger partial charge in [-0.1, -0.05) is 30.3 Å². The number of ketones is 3. The number of benzene rings is 2. The normalized spacial score (nSPS) is 16.7. The van der Waals surface area contributed by atoms with Gasteiger partial charge < -0.3 is 4.74 Å². The molecule has 0 amide bonds. The average molecular weight is 280 g/mol. The Morgan fingerprint density at radius 2 is 1.62 bits per heavy atom. The Morgan fingerprint density at radius 1 is 0.952 bits per heavy atom. The number of Topliss-reactive ketones (excluding diaryl/α,β-unsaturated/α-hetero) is 3. The van der Waals surface area contributed by atoms with E-state index < -0.39 is 23.3 Å². The molecule has 4 nitrogen and oxygen atoms in total. The predicted molar refractivity (Wildman–Crippen MR) is 75.9 cm³/mol. The molecule has 2 aromatic carbocycles. The van der Waals surface area contributed by atoms with Gasteiger partial charge in [-0.2, -0.15) is 0 Å². The van der Waals surface area contributed by atoms with Gasteiger partial charge in [0.2, 0.25) is 0 Å². The third-order valence-corrected chi connectivity index (χ3v) is 3.60. The van der Waals surface area contributed by atoms with Crippen molar-refractivity contribution in [2.75, 3.05) is 7.11 Å². The monoisotopic (exact) mass is 280 g/mol. The number of hydrogen-bond acceptors (Lipinski definition) is 4. The highest BCUT2D eigenvalue weighted by Crippen LogP contribution is 2.31. The smallest absolute Gasteiger partial charge is 0.182 e. The molecule has 0 aromatic heterocycles. The molecule has 21 heavy (non-hydrogen) atoms. The van der Waals surface area contributed by atoms with Crippen molar-refractivity contribution in [2.24, 2.45) is 5.92 Å². The largest absolute Gasteiger partial charge is 0.497 e. The fourth-order valence-electron chi connectivity index (χ4n) is 2.51. The molecule has 1 atom stereocenters. The summed E-state index contributed by atoms with van der Waals surface area (Å²) in [6.07, 6.45) is 0. The summed E-state index contributed by atoms with van der Waals surface area (Å²) in [5, 5.41) is 0. The van der Waals surface area contributed by atoms with Crippen molar-refractivity contribution >= 4 is 17.3 Å². The minimum absolute atomic E-state index is 0.258. The van der Waals surface area contributed by atoms with E-state index in [9.17, 15) is 14.4 Å². The lowest BCUT2D eigenvalue weighted by Crippen LogP contribution is -2.25. The van der Waals surface area contributed by atoms with E-state index in [2.05, 4.69) is 0 Å². The molecule has 0 radical (unpaired) electrons. The second-order valence-electron chi connectivity index (χ2n) is 4.80. The van der Waals surface area contributed by atoms with Crippen LogP contribution in [-0.2, 0) is 0 Å². The van der Waals surface area contributed by atoms with Crippen LogP contribution in [0.15, 0.2) is 48.5 Å². The van der Waals surface area contributed by atoms with Gasteiger partial charge in [0.05, 0.1) is 7.11 Å². The second-order valence-corrected chi connectivity index (χ2v) is 4.80. The maximum Gasteiger partial charge on any atom is 0.182 e. The number of carbonyl (C=O) groups excluding carboxylic acids is 3. The van der Waals surface area contributed by atoms with Crippen LogP contribution in [0.4, 0.5) is 0 Å². The van der Waals surface area contributed by atoms with Crippen LogP contribution >= 0.6 is 0 Å². The molecule has 0 fully saturated rings. The Morgan fingerprint density at radius 3 is 2.29 bits per heavy atom. The van der Waals surface area contributed by atoms with Crippen LogP contribution in [0.1, 0.15) is 31.1 Å². The number of methoxy groups -OCH3 is 1. The molecule has 1 aliphatic rings. The summed E-state index contributed by atoms with van der Waals surface area (Å²) < 4.78 is 5.05. The van der Waals surface area contributed by atoms with Crippen molar-refractivity contribution in [3.8, 4) is 5.75 Å². The minimum atomic E-state index is -1.27. The Hall–Kier alpha value is -2.75. The lowest BCUT2D eigenvalue weighted by atomic mass is 9.93. The number of fused-ring (bicyclic) bond motifs is 1. The molecule has 2 aromatic rings. The topological polar surface area (TPSA) is 60.4 Å². The van der Waals surface area contributed by atoms with E-state index in [4.69, 9.17) is 4.74 Å². The van der Waals surface area contributed by atoms with E-state index in [1.165, 1.54) is 19.2 Å². The number of ether oxygens (including phenoxy) is 1. The second kappa shape index (κ2) is 4.98. The summed E-state index contributed by atoms with van der Waals surface area (Å²) >= 11 is 0. The quantitative estimate of drug-likeness (QED) is 0.640. The lowest BCUT2D eigenvalue weighted by molar-refractivity contribution is 0.0756.